The van der Waals surface area contributed by atoms with E-state index in [4.69, 9.17) is 0 Å². The van der Waals surface area contributed by atoms with E-state index < -0.39 is 0 Å². The van der Waals surface area contributed by atoms with Crippen LogP contribution < -0.4 is 10.2 Å². The van der Waals surface area contributed by atoms with E-state index in [1.165, 1.54) is 27.4 Å². The first-order chi connectivity index (χ1) is 9.60. The molecular weight excluding hydrogens is 264 g/mol. The number of aryl methyl sites for hydroxylation is 1. The molecule has 0 radical (unpaired) electrons. The van der Waals surface area contributed by atoms with Crippen molar-refractivity contribution in [1.82, 2.24) is 0 Å². The van der Waals surface area contributed by atoms with Crippen LogP contribution in [0.5, 0.6) is 0 Å². The van der Waals surface area contributed by atoms with Gasteiger partial charge in [0, 0.05) is 36.9 Å². The molecule has 20 heavy (non-hydrogen) atoms. The third-order valence-corrected chi connectivity index (χ3v) is 4.11. The van der Waals surface area contributed by atoms with Gasteiger partial charge in [-0.15, -0.1) is 11.8 Å². The predicted octanol–water partition coefficient (Wildman–Crippen LogP) is 4.40. The molecular formula is C17H22N2S. The van der Waals surface area contributed by atoms with Crippen LogP contribution in [-0.4, -0.2) is 20.4 Å². The molecule has 2 nitrogen and oxygen atoms in total. The minimum absolute atomic E-state index is 0.858. The fourth-order valence-electron chi connectivity index (χ4n) is 2.07. The molecule has 0 spiro atoms. The summed E-state index contributed by atoms with van der Waals surface area (Å²) in [6.07, 6.45) is 2.10. The molecule has 0 fully saturated rings. The van der Waals surface area contributed by atoms with Crippen LogP contribution in [0.1, 0.15) is 11.1 Å². The van der Waals surface area contributed by atoms with Crippen LogP contribution in [0.2, 0.25) is 0 Å². The highest BCUT2D eigenvalue weighted by atomic mass is 32.2. The van der Waals surface area contributed by atoms with Gasteiger partial charge in [-0.3, -0.25) is 0 Å². The standard InChI is InChI=1S/C17H22N2S/c1-13-11-15(19(2)3)7-10-17(13)18-12-14-5-8-16(20-4)9-6-14/h5-11,18H,12H2,1-4H3. The Bertz CT molecular complexity index is 562. The maximum absolute atomic E-state index is 3.51. The van der Waals surface area contributed by atoms with Gasteiger partial charge in [0.2, 0.25) is 0 Å². The molecule has 106 valence electrons. The summed E-state index contributed by atoms with van der Waals surface area (Å²) in [5, 5.41) is 3.51. The molecule has 0 aliphatic carbocycles. The molecule has 0 heterocycles. The largest absolute Gasteiger partial charge is 0.381 e. The Hall–Kier alpha value is -1.61. The molecule has 0 aliphatic heterocycles. The number of nitrogens with zero attached hydrogens (tertiary/aromatic N) is 1. The van der Waals surface area contributed by atoms with Crippen molar-refractivity contribution in [3.05, 3.63) is 53.6 Å². The second-order valence-electron chi connectivity index (χ2n) is 5.10. The minimum atomic E-state index is 0.858. The van der Waals surface area contributed by atoms with Gasteiger partial charge in [0.25, 0.3) is 0 Å². The topological polar surface area (TPSA) is 15.3 Å². The first-order valence-electron chi connectivity index (χ1n) is 6.75. The fourth-order valence-corrected chi connectivity index (χ4v) is 2.47. The summed E-state index contributed by atoms with van der Waals surface area (Å²) in [5.74, 6) is 0. The molecule has 0 saturated carbocycles. The molecule has 2 aromatic rings. The molecule has 0 atom stereocenters. The van der Waals surface area contributed by atoms with Crippen molar-refractivity contribution in [2.45, 2.75) is 18.4 Å². The van der Waals surface area contributed by atoms with Crippen molar-refractivity contribution >= 4 is 23.1 Å². The SMILES string of the molecule is CSc1ccc(CNc2ccc(N(C)C)cc2C)cc1. The Labute approximate surface area is 126 Å². The molecule has 0 aromatic heterocycles. The van der Waals surface area contributed by atoms with Crippen molar-refractivity contribution in [2.24, 2.45) is 0 Å². The summed E-state index contributed by atoms with van der Waals surface area (Å²) in [6.45, 7) is 3.00. The Morgan fingerprint density at radius 2 is 1.75 bits per heavy atom. The van der Waals surface area contributed by atoms with Crippen LogP contribution in [0.3, 0.4) is 0 Å². The van der Waals surface area contributed by atoms with Crippen molar-refractivity contribution < 1.29 is 0 Å². The van der Waals surface area contributed by atoms with Crippen LogP contribution in [0.25, 0.3) is 0 Å². The highest BCUT2D eigenvalue weighted by molar-refractivity contribution is 7.98. The maximum atomic E-state index is 3.51. The van der Waals surface area contributed by atoms with E-state index in [-0.39, 0.29) is 0 Å². The van der Waals surface area contributed by atoms with E-state index in [1.807, 2.05) is 0 Å². The van der Waals surface area contributed by atoms with Gasteiger partial charge in [-0.05, 0) is 54.6 Å². The van der Waals surface area contributed by atoms with Crippen LogP contribution in [0.15, 0.2) is 47.4 Å². The van der Waals surface area contributed by atoms with Gasteiger partial charge in [0.1, 0.15) is 0 Å². The molecule has 0 amide bonds. The quantitative estimate of drug-likeness (QED) is 0.820. The first-order valence-corrected chi connectivity index (χ1v) is 7.97. The Kier molecular flexibility index (Phi) is 4.96. The smallest absolute Gasteiger partial charge is 0.0400 e. The van der Waals surface area contributed by atoms with Crippen LogP contribution in [0.4, 0.5) is 11.4 Å². The van der Waals surface area contributed by atoms with Gasteiger partial charge >= 0.3 is 0 Å². The summed E-state index contributed by atoms with van der Waals surface area (Å²) in [7, 11) is 4.13. The molecule has 0 bridgehead atoms. The van der Waals surface area contributed by atoms with E-state index in [1.54, 1.807) is 11.8 Å². The van der Waals surface area contributed by atoms with Crippen molar-refractivity contribution in [3.8, 4) is 0 Å². The van der Waals surface area contributed by atoms with Crippen LogP contribution in [-0.2, 0) is 6.54 Å². The molecule has 0 unspecified atom stereocenters. The average molecular weight is 286 g/mol. The summed E-state index contributed by atoms with van der Waals surface area (Å²) in [4.78, 5) is 3.43. The van der Waals surface area contributed by atoms with Crippen LogP contribution in [0, 0.1) is 6.92 Å². The molecule has 1 N–H and O–H groups in total. The molecule has 0 aliphatic rings. The zero-order chi connectivity index (χ0) is 14.5. The average Bonchev–Trinajstić information content (AvgIpc) is 2.46. The highest BCUT2D eigenvalue weighted by Gasteiger charge is 2.01. The van der Waals surface area contributed by atoms with Crippen LogP contribution >= 0.6 is 11.8 Å². The van der Waals surface area contributed by atoms with E-state index in [0.717, 1.165) is 6.54 Å². The fraction of sp³-hybridized carbons (Fsp3) is 0.294. The molecule has 3 heteroatoms. The number of hydrogen-bond acceptors (Lipinski definition) is 3. The number of anilines is 2. The number of nitrogens with one attached hydrogen (secondary N) is 1. The Morgan fingerprint density at radius 3 is 2.30 bits per heavy atom. The van der Waals surface area contributed by atoms with Crippen molar-refractivity contribution in [3.63, 3.8) is 0 Å². The second-order valence-corrected chi connectivity index (χ2v) is 5.97. The van der Waals surface area contributed by atoms with Crippen molar-refractivity contribution in [2.75, 3.05) is 30.6 Å². The van der Waals surface area contributed by atoms with Gasteiger partial charge in [0.15, 0.2) is 0 Å². The molecule has 2 rings (SSSR count). The molecule has 0 saturated heterocycles. The normalized spacial score (nSPS) is 10.4. The second kappa shape index (κ2) is 6.71. The summed E-state index contributed by atoms with van der Waals surface area (Å²) in [6, 6.07) is 15.2. The molecule has 2 aromatic carbocycles. The third-order valence-electron chi connectivity index (χ3n) is 3.37. The maximum Gasteiger partial charge on any atom is 0.0400 e. The number of rotatable bonds is 5. The Morgan fingerprint density at radius 1 is 1.05 bits per heavy atom. The van der Waals surface area contributed by atoms with E-state index >= 15 is 0 Å². The highest BCUT2D eigenvalue weighted by Crippen LogP contribution is 2.22. The number of thioether (sulfide) groups is 1. The lowest BCUT2D eigenvalue weighted by Crippen LogP contribution is -2.09. The zero-order valence-electron chi connectivity index (χ0n) is 12.6. The summed E-state index contributed by atoms with van der Waals surface area (Å²) >= 11 is 1.77. The lowest BCUT2D eigenvalue weighted by Gasteiger charge is -2.16. The van der Waals surface area contributed by atoms with E-state index in [0.29, 0.717) is 0 Å². The van der Waals surface area contributed by atoms with Gasteiger partial charge in [-0.1, -0.05) is 12.1 Å². The monoisotopic (exact) mass is 286 g/mol. The Balaban J connectivity index is 2.03. The van der Waals surface area contributed by atoms with Gasteiger partial charge in [-0.2, -0.15) is 0 Å². The van der Waals surface area contributed by atoms with Gasteiger partial charge in [0.05, 0.1) is 0 Å². The minimum Gasteiger partial charge on any atom is -0.381 e. The van der Waals surface area contributed by atoms with Crippen molar-refractivity contribution in [1.29, 1.82) is 0 Å². The van der Waals surface area contributed by atoms with Gasteiger partial charge < -0.3 is 10.2 Å². The summed E-state index contributed by atoms with van der Waals surface area (Å²) in [5.41, 5.74) is 5.01. The first kappa shape index (κ1) is 14.8. The van der Waals surface area contributed by atoms with E-state index in [9.17, 15) is 0 Å². The van der Waals surface area contributed by atoms with Gasteiger partial charge in [-0.25, -0.2) is 0 Å². The number of hydrogen-bond donors (Lipinski definition) is 1. The van der Waals surface area contributed by atoms with E-state index in [2.05, 4.69) is 80.0 Å². The third kappa shape index (κ3) is 3.70. The lowest BCUT2D eigenvalue weighted by atomic mass is 10.1. The predicted molar refractivity (Wildman–Crippen MR) is 91.1 cm³/mol. The lowest BCUT2D eigenvalue weighted by molar-refractivity contribution is 1.11. The number of benzene rings is 2. The summed E-state index contributed by atoms with van der Waals surface area (Å²) < 4.78 is 0. The zero-order valence-corrected chi connectivity index (χ0v) is 13.4.